The van der Waals surface area contributed by atoms with Crippen LogP contribution >= 0.6 is 0 Å². The number of rotatable bonds is 3. The molecule has 114 valence electrons. The van der Waals surface area contributed by atoms with Crippen LogP contribution in [-0.2, 0) is 13.0 Å². The maximum atomic E-state index is 5.92. The zero-order valence-corrected chi connectivity index (χ0v) is 13.6. The van der Waals surface area contributed by atoms with E-state index in [2.05, 4.69) is 36.6 Å². The molecule has 22 heavy (non-hydrogen) atoms. The van der Waals surface area contributed by atoms with E-state index in [0.29, 0.717) is 0 Å². The molecule has 0 bridgehead atoms. The zero-order chi connectivity index (χ0) is 15.9. The van der Waals surface area contributed by atoms with Crippen molar-refractivity contribution >= 4 is 16.9 Å². The Balaban J connectivity index is 2.14. The summed E-state index contributed by atoms with van der Waals surface area (Å²) in [5.41, 5.74) is 13.3. The Kier molecular flexibility index (Phi) is 3.61. The molecule has 0 aliphatic rings. The Morgan fingerprint density at radius 2 is 1.82 bits per heavy atom. The van der Waals surface area contributed by atoms with Crippen LogP contribution in [0.1, 0.15) is 35.1 Å². The summed E-state index contributed by atoms with van der Waals surface area (Å²) in [4.78, 5) is 9.50. The molecule has 0 radical (unpaired) electrons. The number of nitrogen functional groups attached to an aromatic ring is 1. The minimum Gasteiger partial charge on any atom is -0.399 e. The van der Waals surface area contributed by atoms with Crippen LogP contribution in [0.4, 0.5) is 5.69 Å². The fraction of sp³-hybridized carbons (Fsp3) is 0.333. The lowest BCUT2D eigenvalue weighted by molar-refractivity contribution is 0.745. The van der Waals surface area contributed by atoms with Crippen molar-refractivity contribution in [1.29, 1.82) is 0 Å². The van der Waals surface area contributed by atoms with Gasteiger partial charge < -0.3 is 10.3 Å². The van der Waals surface area contributed by atoms with E-state index in [1.165, 1.54) is 11.1 Å². The average Bonchev–Trinajstić information content (AvgIpc) is 2.81. The van der Waals surface area contributed by atoms with Gasteiger partial charge in [-0.25, -0.2) is 9.97 Å². The molecule has 4 nitrogen and oxygen atoms in total. The van der Waals surface area contributed by atoms with Gasteiger partial charge in [0.25, 0.3) is 0 Å². The van der Waals surface area contributed by atoms with Gasteiger partial charge >= 0.3 is 0 Å². The van der Waals surface area contributed by atoms with Gasteiger partial charge in [-0.1, -0.05) is 19.1 Å². The van der Waals surface area contributed by atoms with E-state index in [1.54, 1.807) is 0 Å². The minimum atomic E-state index is 0.774. The fourth-order valence-corrected chi connectivity index (χ4v) is 2.90. The van der Waals surface area contributed by atoms with Gasteiger partial charge in [0.1, 0.15) is 11.3 Å². The van der Waals surface area contributed by atoms with Gasteiger partial charge in [-0.05, 0) is 49.6 Å². The molecule has 3 aromatic rings. The number of aromatic nitrogens is 3. The summed E-state index contributed by atoms with van der Waals surface area (Å²) in [5, 5.41) is 0. The van der Waals surface area contributed by atoms with E-state index in [-0.39, 0.29) is 0 Å². The molecular weight excluding hydrogens is 272 g/mol. The number of imidazole rings is 1. The third kappa shape index (κ3) is 2.45. The normalized spacial score (nSPS) is 11.3. The van der Waals surface area contributed by atoms with E-state index in [0.717, 1.165) is 46.9 Å². The number of hydrogen-bond acceptors (Lipinski definition) is 3. The van der Waals surface area contributed by atoms with Crippen molar-refractivity contribution in [3.8, 4) is 0 Å². The molecule has 0 amide bonds. The van der Waals surface area contributed by atoms with Crippen molar-refractivity contribution in [3.63, 3.8) is 0 Å². The molecule has 2 N–H and O–H groups in total. The fourth-order valence-electron chi connectivity index (χ4n) is 2.90. The molecule has 3 rings (SSSR count). The summed E-state index contributed by atoms with van der Waals surface area (Å²) < 4.78 is 2.22. The topological polar surface area (TPSA) is 56.7 Å². The van der Waals surface area contributed by atoms with Gasteiger partial charge in [0, 0.05) is 17.8 Å². The van der Waals surface area contributed by atoms with Crippen LogP contribution in [0, 0.1) is 20.8 Å². The van der Waals surface area contributed by atoms with Crippen LogP contribution in [-0.4, -0.2) is 14.5 Å². The Hall–Kier alpha value is -2.36. The van der Waals surface area contributed by atoms with Gasteiger partial charge in [0.2, 0.25) is 0 Å². The highest BCUT2D eigenvalue weighted by molar-refractivity contribution is 5.76. The van der Waals surface area contributed by atoms with Crippen LogP contribution in [0.15, 0.2) is 24.3 Å². The summed E-state index contributed by atoms with van der Waals surface area (Å²) in [7, 11) is 0. The van der Waals surface area contributed by atoms with Crippen molar-refractivity contribution in [3.05, 3.63) is 52.5 Å². The predicted octanol–water partition coefficient (Wildman–Crippen LogP) is 3.55. The third-order valence-electron chi connectivity index (χ3n) is 4.09. The van der Waals surface area contributed by atoms with Crippen LogP contribution in [0.25, 0.3) is 11.2 Å². The highest BCUT2D eigenvalue weighted by Crippen LogP contribution is 2.22. The molecule has 4 heteroatoms. The van der Waals surface area contributed by atoms with Crippen LogP contribution in [0.2, 0.25) is 0 Å². The number of nitrogens with zero attached hydrogens (tertiary/aromatic N) is 3. The van der Waals surface area contributed by atoms with Crippen molar-refractivity contribution in [2.75, 3.05) is 5.73 Å². The molecule has 0 fully saturated rings. The molecule has 0 aliphatic carbocycles. The van der Waals surface area contributed by atoms with Gasteiger partial charge in [0.05, 0.1) is 6.54 Å². The summed E-state index contributed by atoms with van der Waals surface area (Å²) >= 11 is 0. The molecule has 0 aliphatic heterocycles. The molecule has 0 atom stereocenters. The van der Waals surface area contributed by atoms with Gasteiger partial charge in [0.15, 0.2) is 5.65 Å². The van der Waals surface area contributed by atoms with E-state index in [4.69, 9.17) is 15.7 Å². The van der Waals surface area contributed by atoms with Crippen LogP contribution in [0.5, 0.6) is 0 Å². The van der Waals surface area contributed by atoms with E-state index in [9.17, 15) is 0 Å². The van der Waals surface area contributed by atoms with E-state index < -0.39 is 0 Å². The first kappa shape index (κ1) is 14.6. The smallest absolute Gasteiger partial charge is 0.160 e. The van der Waals surface area contributed by atoms with Crippen molar-refractivity contribution in [2.45, 2.75) is 40.7 Å². The number of hydrogen-bond donors (Lipinski definition) is 1. The molecule has 0 unspecified atom stereocenters. The Morgan fingerprint density at radius 3 is 2.50 bits per heavy atom. The van der Waals surface area contributed by atoms with Crippen molar-refractivity contribution in [2.24, 2.45) is 0 Å². The first-order chi connectivity index (χ1) is 10.5. The summed E-state index contributed by atoms with van der Waals surface area (Å²) in [6.45, 7) is 9.08. The number of anilines is 1. The lowest BCUT2D eigenvalue weighted by atomic mass is 10.1. The molecule has 0 spiro atoms. The largest absolute Gasteiger partial charge is 0.399 e. The maximum absolute atomic E-state index is 5.92. The zero-order valence-electron chi connectivity index (χ0n) is 13.6. The molecule has 0 saturated heterocycles. The number of benzene rings is 1. The molecular formula is C18H22N4. The van der Waals surface area contributed by atoms with E-state index >= 15 is 0 Å². The quantitative estimate of drug-likeness (QED) is 0.752. The molecule has 2 aromatic heterocycles. The highest BCUT2D eigenvalue weighted by Gasteiger charge is 2.13. The van der Waals surface area contributed by atoms with Crippen LogP contribution in [0.3, 0.4) is 0 Å². The molecule has 1 aromatic carbocycles. The van der Waals surface area contributed by atoms with Crippen LogP contribution < -0.4 is 5.73 Å². The van der Waals surface area contributed by atoms with Gasteiger partial charge in [-0.3, -0.25) is 0 Å². The number of fused-ring (bicyclic) bond motifs is 1. The van der Waals surface area contributed by atoms with Crippen molar-refractivity contribution < 1.29 is 0 Å². The first-order valence-corrected chi connectivity index (χ1v) is 7.68. The lowest BCUT2D eigenvalue weighted by Crippen LogP contribution is -2.06. The first-order valence-electron chi connectivity index (χ1n) is 7.68. The number of nitrogens with two attached hydrogens (primary N) is 1. The maximum Gasteiger partial charge on any atom is 0.160 e. The second-order valence-electron chi connectivity index (χ2n) is 5.91. The number of aryl methyl sites for hydroxylation is 4. The third-order valence-corrected chi connectivity index (χ3v) is 4.09. The molecule has 0 saturated carbocycles. The standard InChI is InChI=1S/C18H22N4/c1-5-16-21-17-12(3)8-13(4)20-18(17)22(16)10-14-6-7-15(19)11(2)9-14/h6-9H,5,10,19H2,1-4H3. The van der Waals surface area contributed by atoms with E-state index in [1.807, 2.05) is 19.9 Å². The lowest BCUT2D eigenvalue weighted by Gasteiger charge is -2.10. The van der Waals surface area contributed by atoms with Gasteiger partial charge in [-0.15, -0.1) is 0 Å². The van der Waals surface area contributed by atoms with Crippen molar-refractivity contribution in [1.82, 2.24) is 14.5 Å². The Labute approximate surface area is 131 Å². The predicted molar refractivity (Wildman–Crippen MR) is 91.1 cm³/mol. The Bertz CT molecular complexity index is 846. The average molecular weight is 294 g/mol. The SMILES string of the molecule is CCc1nc2c(C)cc(C)nc2n1Cc1ccc(N)c(C)c1. The second-order valence-corrected chi connectivity index (χ2v) is 5.91. The highest BCUT2D eigenvalue weighted by atomic mass is 15.1. The summed E-state index contributed by atoms with van der Waals surface area (Å²) in [6.07, 6.45) is 0.892. The summed E-state index contributed by atoms with van der Waals surface area (Å²) in [5.74, 6) is 1.07. The second kappa shape index (κ2) is 5.44. The Morgan fingerprint density at radius 1 is 1.05 bits per heavy atom. The minimum absolute atomic E-state index is 0.774. The monoisotopic (exact) mass is 294 g/mol. The van der Waals surface area contributed by atoms with Gasteiger partial charge in [-0.2, -0.15) is 0 Å². The summed E-state index contributed by atoms with van der Waals surface area (Å²) in [6, 6.07) is 8.28. The molecule has 2 heterocycles. The number of pyridine rings is 1.